The highest BCUT2D eigenvalue weighted by Gasteiger charge is 2.19. The molecule has 2 N–H and O–H groups in total. The zero-order chi connectivity index (χ0) is 18.6. The van der Waals surface area contributed by atoms with Gasteiger partial charge in [-0.25, -0.2) is 5.43 Å². The van der Waals surface area contributed by atoms with E-state index in [-0.39, 0.29) is 5.91 Å². The lowest BCUT2D eigenvalue weighted by Gasteiger charge is -2.05. The predicted octanol–water partition coefficient (Wildman–Crippen LogP) is 4.65. The zero-order valence-electron chi connectivity index (χ0n) is 14.2. The third-order valence-electron chi connectivity index (χ3n) is 4.11. The number of rotatable bonds is 4. The van der Waals surface area contributed by atoms with Crippen LogP contribution in [0, 0.1) is 0 Å². The minimum absolute atomic E-state index is 0.332. The van der Waals surface area contributed by atoms with E-state index in [2.05, 4.69) is 20.5 Å². The lowest BCUT2D eigenvalue weighted by molar-refractivity contribution is 0.0951. The van der Waals surface area contributed by atoms with Crippen LogP contribution in [0.5, 0.6) is 0 Å². The average Bonchev–Trinajstić information content (AvgIpc) is 3.08. The van der Waals surface area contributed by atoms with Gasteiger partial charge in [0.15, 0.2) is 0 Å². The maximum Gasteiger partial charge on any atom is 0.288 e. The average molecular weight is 375 g/mol. The quantitative estimate of drug-likeness (QED) is 0.403. The van der Waals surface area contributed by atoms with Crippen LogP contribution in [0.4, 0.5) is 0 Å². The number of hydrogen-bond donors (Lipinski definition) is 2. The van der Waals surface area contributed by atoms with Crippen LogP contribution in [0.25, 0.3) is 22.0 Å². The summed E-state index contributed by atoms with van der Waals surface area (Å²) in [6.07, 6.45) is 4.89. The smallest absolute Gasteiger partial charge is 0.288 e. The molecule has 4 rings (SSSR count). The van der Waals surface area contributed by atoms with Crippen molar-refractivity contribution >= 4 is 34.6 Å². The van der Waals surface area contributed by atoms with E-state index in [4.69, 9.17) is 11.6 Å². The number of pyridine rings is 1. The Hall–Kier alpha value is -3.44. The van der Waals surface area contributed by atoms with Gasteiger partial charge in [-0.15, -0.1) is 0 Å². The molecule has 0 spiro atoms. The third-order valence-corrected chi connectivity index (χ3v) is 4.35. The Kier molecular flexibility index (Phi) is 4.68. The molecule has 27 heavy (non-hydrogen) atoms. The first-order valence-corrected chi connectivity index (χ1v) is 8.70. The number of halogens is 1. The highest BCUT2D eigenvalue weighted by molar-refractivity contribution is 6.31. The number of aromatic amines is 1. The van der Waals surface area contributed by atoms with E-state index in [1.54, 1.807) is 30.7 Å². The molecule has 0 aliphatic heterocycles. The van der Waals surface area contributed by atoms with Crippen LogP contribution >= 0.6 is 11.6 Å². The number of hydrogen-bond acceptors (Lipinski definition) is 3. The summed E-state index contributed by atoms with van der Waals surface area (Å²) < 4.78 is 0. The zero-order valence-corrected chi connectivity index (χ0v) is 14.9. The van der Waals surface area contributed by atoms with E-state index in [1.807, 2.05) is 48.5 Å². The van der Waals surface area contributed by atoms with Crippen molar-refractivity contribution in [3.63, 3.8) is 0 Å². The number of aromatic nitrogens is 2. The van der Waals surface area contributed by atoms with Crippen molar-refractivity contribution in [2.24, 2.45) is 5.10 Å². The van der Waals surface area contributed by atoms with E-state index in [9.17, 15) is 4.79 Å². The lowest BCUT2D eigenvalue weighted by atomic mass is 10.0. The second kappa shape index (κ2) is 7.43. The highest BCUT2D eigenvalue weighted by Crippen LogP contribution is 2.33. The number of carbonyl (C=O) groups is 1. The van der Waals surface area contributed by atoms with Crippen LogP contribution in [-0.2, 0) is 0 Å². The topological polar surface area (TPSA) is 70.1 Å². The van der Waals surface area contributed by atoms with Crippen LogP contribution in [0.1, 0.15) is 16.1 Å². The number of H-pyrrole nitrogens is 1. The molecular weight excluding hydrogens is 360 g/mol. The van der Waals surface area contributed by atoms with Crippen molar-refractivity contribution in [3.8, 4) is 11.1 Å². The first kappa shape index (κ1) is 17.0. The van der Waals surface area contributed by atoms with Gasteiger partial charge in [0.05, 0.1) is 6.21 Å². The summed E-state index contributed by atoms with van der Waals surface area (Å²) >= 11 is 6.16. The fraction of sp³-hybridized carbons (Fsp3) is 0. The molecular formula is C21H15ClN4O. The predicted molar refractivity (Wildman–Crippen MR) is 108 cm³/mol. The van der Waals surface area contributed by atoms with Crippen LogP contribution in [0.3, 0.4) is 0 Å². The molecule has 4 aromatic rings. The maximum absolute atomic E-state index is 12.8. The number of fused-ring (bicyclic) bond motifs is 1. The first-order chi connectivity index (χ1) is 13.2. The number of para-hydroxylation sites is 1. The lowest BCUT2D eigenvalue weighted by Crippen LogP contribution is -2.18. The normalized spacial score (nSPS) is 11.1. The minimum atomic E-state index is -0.332. The van der Waals surface area contributed by atoms with E-state index in [0.29, 0.717) is 10.7 Å². The fourth-order valence-corrected chi connectivity index (χ4v) is 3.12. The van der Waals surface area contributed by atoms with Gasteiger partial charge in [-0.05, 0) is 29.8 Å². The third kappa shape index (κ3) is 3.59. The van der Waals surface area contributed by atoms with Gasteiger partial charge < -0.3 is 4.98 Å². The SMILES string of the molecule is O=C(N/N=C\c1cccnc1)c1[nH]c2ccccc2c1-c1cccc(Cl)c1. The first-order valence-electron chi connectivity index (χ1n) is 8.32. The molecule has 0 bridgehead atoms. The van der Waals surface area contributed by atoms with Crippen molar-refractivity contribution in [2.45, 2.75) is 0 Å². The van der Waals surface area contributed by atoms with Crippen molar-refractivity contribution in [1.82, 2.24) is 15.4 Å². The molecule has 1 amide bonds. The van der Waals surface area contributed by atoms with Gasteiger partial charge in [0.1, 0.15) is 5.69 Å². The van der Waals surface area contributed by atoms with Gasteiger partial charge in [0.25, 0.3) is 5.91 Å². The maximum atomic E-state index is 12.8. The number of nitrogens with one attached hydrogen (secondary N) is 2. The summed E-state index contributed by atoms with van der Waals surface area (Å²) in [5, 5.41) is 5.59. The molecule has 0 saturated carbocycles. The second-order valence-electron chi connectivity index (χ2n) is 5.92. The van der Waals surface area contributed by atoms with Gasteiger partial charge >= 0.3 is 0 Å². The number of amides is 1. The Bertz CT molecular complexity index is 1140. The number of benzene rings is 2. The Morgan fingerprint density at radius 2 is 2.00 bits per heavy atom. The van der Waals surface area contributed by atoms with Gasteiger partial charge in [-0.1, -0.05) is 48.0 Å². The molecule has 0 fully saturated rings. The van der Waals surface area contributed by atoms with Crippen molar-refractivity contribution in [1.29, 1.82) is 0 Å². The van der Waals surface area contributed by atoms with Gasteiger partial charge in [0.2, 0.25) is 0 Å². The van der Waals surface area contributed by atoms with Crippen LogP contribution in [-0.4, -0.2) is 22.1 Å². The van der Waals surface area contributed by atoms with E-state index < -0.39 is 0 Å². The van der Waals surface area contributed by atoms with Crippen molar-refractivity contribution in [2.75, 3.05) is 0 Å². The molecule has 0 aliphatic carbocycles. The summed E-state index contributed by atoms with van der Waals surface area (Å²) in [6.45, 7) is 0. The second-order valence-corrected chi connectivity index (χ2v) is 6.35. The molecule has 2 aromatic carbocycles. The Labute approximate surface area is 160 Å². The van der Waals surface area contributed by atoms with Gasteiger partial charge in [-0.3, -0.25) is 9.78 Å². The molecule has 0 atom stereocenters. The summed E-state index contributed by atoms with van der Waals surface area (Å²) in [5.41, 5.74) is 6.33. The standard InChI is InChI=1S/C21H15ClN4O/c22-16-7-3-6-15(11-16)19-17-8-1-2-9-18(17)25-20(19)21(27)26-24-13-14-5-4-10-23-12-14/h1-13,25H,(H,26,27)/b24-13-. The molecule has 5 nitrogen and oxygen atoms in total. The molecule has 132 valence electrons. The van der Waals surface area contributed by atoms with Gasteiger partial charge in [0, 0.05) is 39.4 Å². The van der Waals surface area contributed by atoms with Crippen LogP contribution < -0.4 is 5.43 Å². The summed E-state index contributed by atoms with van der Waals surface area (Å²) in [5.74, 6) is -0.332. The molecule has 0 unspecified atom stereocenters. The van der Waals surface area contributed by atoms with Crippen LogP contribution in [0.2, 0.25) is 5.02 Å². The van der Waals surface area contributed by atoms with E-state index in [0.717, 1.165) is 27.6 Å². The van der Waals surface area contributed by atoms with Crippen LogP contribution in [0.15, 0.2) is 78.2 Å². The molecule has 0 saturated heterocycles. The monoisotopic (exact) mass is 374 g/mol. The molecule has 2 aromatic heterocycles. The Morgan fingerprint density at radius 3 is 2.81 bits per heavy atom. The van der Waals surface area contributed by atoms with Crippen molar-refractivity contribution < 1.29 is 4.79 Å². The Morgan fingerprint density at radius 1 is 1.11 bits per heavy atom. The number of hydrazone groups is 1. The highest BCUT2D eigenvalue weighted by atomic mass is 35.5. The van der Waals surface area contributed by atoms with Gasteiger partial charge in [-0.2, -0.15) is 5.10 Å². The summed E-state index contributed by atoms with van der Waals surface area (Å²) in [7, 11) is 0. The van der Waals surface area contributed by atoms with Crippen molar-refractivity contribution in [3.05, 3.63) is 89.3 Å². The molecule has 0 aliphatic rings. The summed E-state index contributed by atoms with van der Waals surface area (Å²) in [6, 6.07) is 18.8. The molecule has 0 radical (unpaired) electrons. The largest absolute Gasteiger partial charge is 0.350 e. The number of carbonyl (C=O) groups excluding carboxylic acids is 1. The minimum Gasteiger partial charge on any atom is -0.350 e. The summed E-state index contributed by atoms with van der Waals surface area (Å²) in [4.78, 5) is 20.0. The number of nitrogens with zero attached hydrogens (tertiary/aromatic N) is 2. The van der Waals surface area contributed by atoms with E-state index >= 15 is 0 Å². The Balaban J connectivity index is 1.71. The molecule has 6 heteroatoms. The van der Waals surface area contributed by atoms with E-state index in [1.165, 1.54) is 0 Å². The fourth-order valence-electron chi connectivity index (χ4n) is 2.93. The molecule has 2 heterocycles.